The van der Waals surface area contributed by atoms with E-state index in [4.69, 9.17) is 5.11 Å². The number of benzene rings is 2. The Morgan fingerprint density at radius 1 is 0.905 bits per heavy atom. The fourth-order valence-electron chi connectivity index (χ4n) is 2.28. The largest absolute Gasteiger partial charge is 0.478 e. The Morgan fingerprint density at radius 3 is 2.43 bits per heavy atom. The average molecular weight is 278 g/mol. The summed E-state index contributed by atoms with van der Waals surface area (Å²) in [7, 11) is 0. The number of carboxylic acid groups (broad SMARTS) is 1. The van der Waals surface area contributed by atoms with Gasteiger partial charge in [-0.15, -0.1) is 0 Å². The lowest BCUT2D eigenvalue weighted by Gasteiger charge is -2.08. The maximum Gasteiger partial charge on any atom is 0.335 e. The number of rotatable bonds is 2. The van der Waals surface area contributed by atoms with Gasteiger partial charge in [0.25, 0.3) is 0 Å². The van der Waals surface area contributed by atoms with Crippen molar-refractivity contribution in [3.63, 3.8) is 0 Å². The maximum absolute atomic E-state index is 11.9. The van der Waals surface area contributed by atoms with E-state index in [9.17, 15) is 14.4 Å². The van der Waals surface area contributed by atoms with Gasteiger partial charge in [0.2, 0.25) is 0 Å². The first-order chi connectivity index (χ1) is 10.0. The van der Waals surface area contributed by atoms with Gasteiger partial charge in [0.05, 0.1) is 5.56 Å². The van der Waals surface area contributed by atoms with Crippen LogP contribution in [0.4, 0.5) is 0 Å². The molecule has 2 aromatic rings. The minimum absolute atomic E-state index is 0.180. The van der Waals surface area contributed by atoms with Crippen LogP contribution in [0.25, 0.3) is 16.3 Å². The fraction of sp³-hybridized carbons (Fsp3) is 0. The number of ketones is 2. The molecule has 0 amide bonds. The van der Waals surface area contributed by atoms with Gasteiger partial charge in [-0.05, 0) is 52.8 Å². The van der Waals surface area contributed by atoms with Crippen molar-refractivity contribution in [2.45, 2.75) is 0 Å². The molecule has 0 saturated heterocycles. The summed E-state index contributed by atoms with van der Waals surface area (Å²) in [6.45, 7) is 0. The summed E-state index contributed by atoms with van der Waals surface area (Å²) in [5, 5.41) is 10.6. The second kappa shape index (κ2) is 4.83. The van der Waals surface area contributed by atoms with Gasteiger partial charge in [-0.2, -0.15) is 0 Å². The third kappa shape index (κ3) is 2.39. The lowest BCUT2D eigenvalue weighted by atomic mass is 9.94. The van der Waals surface area contributed by atoms with Gasteiger partial charge in [-0.25, -0.2) is 4.79 Å². The first-order valence-electron chi connectivity index (χ1n) is 6.30. The number of allylic oxidation sites excluding steroid dienone is 4. The fourth-order valence-corrected chi connectivity index (χ4v) is 2.28. The number of hydrogen-bond donors (Lipinski definition) is 1. The normalized spacial score (nSPS) is 14.4. The summed E-state index contributed by atoms with van der Waals surface area (Å²) in [5.74, 6) is -1.47. The van der Waals surface area contributed by atoms with E-state index in [1.165, 1.54) is 24.3 Å². The predicted molar refractivity (Wildman–Crippen MR) is 78.0 cm³/mol. The molecule has 0 atom stereocenters. The molecular formula is C17H10O4. The average Bonchev–Trinajstić information content (AvgIpc) is 2.48. The van der Waals surface area contributed by atoms with E-state index in [0.29, 0.717) is 16.5 Å². The van der Waals surface area contributed by atoms with Crippen LogP contribution in [0.1, 0.15) is 15.9 Å². The Kier molecular flexibility index (Phi) is 2.99. The molecule has 1 N–H and O–H groups in total. The minimum Gasteiger partial charge on any atom is -0.478 e. The standard InChI is InChI=1S/C17H10O4/c18-14-5-6-16(19)15(9-14)11-3-1-10-2-4-12(17(20)21)8-13(10)7-11/h1-9H,(H,20,21). The first kappa shape index (κ1) is 13.0. The number of carbonyl (C=O) groups excluding carboxylic acids is 2. The monoisotopic (exact) mass is 278 g/mol. The molecule has 21 heavy (non-hydrogen) atoms. The molecule has 0 fully saturated rings. The Balaban J connectivity index is 2.14. The molecule has 2 aromatic carbocycles. The van der Waals surface area contributed by atoms with E-state index in [1.807, 2.05) is 0 Å². The molecule has 0 heterocycles. The minimum atomic E-state index is -1.01. The van der Waals surface area contributed by atoms with E-state index in [2.05, 4.69) is 0 Å². The van der Waals surface area contributed by atoms with Crippen LogP contribution in [0.15, 0.2) is 54.6 Å². The van der Waals surface area contributed by atoms with Crippen molar-refractivity contribution < 1.29 is 19.5 Å². The Morgan fingerprint density at radius 2 is 1.67 bits per heavy atom. The van der Waals surface area contributed by atoms with E-state index >= 15 is 0 Å². The highest BCUT2D eigenvalue weighted by Crippen LogP contribution is 2.24. The molecule has 1 aliphatic carbocycles. The van der Waals surface area contributed by atoms with Crippen molar-refractivity contribution in [3.8, 4) is 0 Å². The maximum atomic E-state index is 11.9. The SMILES string of the molecule is O=C1C=CC(=O)C(c2ccc3ccc(C(=O)O)cc3c2)=C1. The molecule has 4 heteroatoms. The first-order valence-corrected chi connectivity index (χ1v) is 6.30. The molecule has 0 unspecified atom stereocenters. The predicted octanol–water partition coefficient (Wildman–Crippen LogP) is 2.63. The van der Waals surface area contributed by atoms with Crippen LogP contribution in [0.3, 0.4) is 0 Å². The van der Waals surface area contributed by atoms with Gasteiger partial charge in [0, 0.05) is 5.57 Å². The molecule has 3 rings (SSSR count). The quantitative estimate of drug-likeness (QED) is 0.857. The van der Waals surface area contributed by atoms with Crippen LogP contribution in [0.2, 0.25) is 0 Å². The van der Waals surface area contributed by atoms with Crippen LogP contribution in [0, 0.1) is 0 Å². The van der Waals surface area contributed by atoms with Crippen molar-refractivity contribution in [1.29, 1.82) is 0 Å². The third-order valence-electron chi connectivity index (χ3n) is 3.35. The smallest absolute Gasteiger partial charge is 0.335 e. The molecule has 0 radical (unpaired) electrons. The van der Waals surface area contributed by atoms with Gasteiger partial charge in [0.1, 0.15) is 0 Å². The summed E-state index contributed by atoms with van der Waals surface area (Å²) < 4.78 is 0. The van der Waals surface area contributed by atoms with E-state index in [0.717, 1.165) is 5.39 Å². The van der Waals surface area contributed by atoms with E-state index in [-0.39, 0.29) is 17.1 Å². The zero-order valence-electron chi connectivity index (χ0n) is 10.9. The third-order valence-corrected chi connectivity index (χ3v) is 3.35. The van der Waals surface area contributed by atoms with Crippen molar-refractivity contribution in [1.82, 2.24) is 0 Å². The number of aromatic carboxylic acids is 1. The second-order valence-corrected chi connectivity index (χ2v) is 4.74. The second-order valence-electron chi connectivity index (χ2n) is 4.74. The summed E-state index contributed by atoms with van der Waals surface area (Å²) in [6, 6.07) is 10.1. The van der Waals surface area contributed by atoms with Gasteiger partial charge < -0.3 is 5.11 Å². The number of fused-ring (bicyclic) bond motifs is 1. The van der Waals surface area contributed by atoms with Crippen molar-refractivity contribution in [3.05, 3.63) is 65.8 Å². The lowest BCUT2D eigenvalue weighted by Crippen LogP contribution is -2.06. The van der Waals surface area contributed by atoms with Crippen molar-refractivity contribution in [2.24, 2.45) is 0 Å². The van der Waals surface area contributed by atoms with Crippen molar-refractivity contribution >= 4 is 33.9 Å². The highest BCUT2D eigenvalue weighted by molar-refractivity contribution is 6.34. The van der Waals surface area contributed by atoms with E-state index < -0.39 is 5.97 Å². The Labute approximate surface area is 120 Å². The number of carboxylic acids is 1. The summed E-state index contributed by atoms with van der Waals surface area (Å²) in [6.07, 6.45) is 3.77. The van der Waals surface area contributed by atoms with Crippen LogP contribution < -0.4 is 0 Å². The van der Waals surface area contributed by atoms with Crippen molar-refractivity contribution in [2.75, 3.05) is 0 Å². The topological polar surface area (TPSA) is 71.4 Å². The molecular weight excluding hydrogens is 268 g/mol. The molecule has 102 valence electrons. The van der Waals surface area contributed by atoms with Gasteiger partial charge >= 0.3 is 5.97 Å². The highest BCUT2D eigenvalue weighted by Gasteiger charge is 2.15. The summed E-state index contributed by atoms with van der Waals surface area (Å²) in [5.41, 5.74) is 1.11. The molecule has 0 saturated carbocycles. The Bertz CT molecular complexity index is 856. The van der Waals surface area contributed by atoms with Gasteiger partial charge in [0.15, 0.2) is 11.6 Å². The zero-order valence-corrected chi connectivity index (χ0v) is 10.9. The van der Waals surface area contributed by atoms with Crippen LogP contribution in [0.5, 0.6) is 0 Å². The van der Waals surface area contributed by atoms with Crippen LogP contribution in [-0.4, -0.2) is 22.6 Å². The molecule has 4 nitrogen and oxygen atoms in total. The van der Waals surface area contributed by atoms with Gasteiger partial charge in [-0.1, -0.05) is 18.2 Å². The van der Waals surface area contributed by atoms with Crippen LogP contribution in [-0.2, 0) is 9.59 Å². The Hall–Kier alpha value is -3.01. The molecule has 0 aliphatic heterocycles. The summed E-state index contributed by atoms with van der Waals surface area (Å²) in [4.78, 5) is 34.3. The van der Waals surface area contributed by atoms with Gasteiger partial charge in [-0.3, -0.25) is 9.59 Å². The number of carbonyl (C=O) groups is 3. The molecule has 1 aliphatic rings. The van der Waals surface area contributed by atoms with Crippen LogP contribution >= 0.6 is 0 Å². The molecule has 0 aromatic heterocycles. The molecule has 0 bridgehead atoms. The highest BCUT2D eigenvalue weighted by atomic mass is 16.4. The lowest BCUT2D eigenvalue weighted by molar-refractivity contribution is -0.113. The van der Waals surface area contributed by atoms with E-state index in [1.54, 1.807) is 30.3 Å². The number of hydrogen-bond acceptors (Lipinski definition) is 3. The summed E-state index contributed by atoms with van der Waals surface area (Å²) >= 11 is 0. The zero-order chi connectivity index (χ0) is 15.0. The molecule has 0 spiro atoms.